The molecule has 1 aromatic carbocycles. The smallest absolute Gasteiger partial charge is 0.119 e. The normalized spacial score (nSPS) is 12.8. The lowest BCUT2D eigenvalue weighted by Gasteiger charge is -2.17. The van der Waals surface area contributed by atoms with E-state index in [1.807, 2.05) is 12.1 Å². The second-order valence-electron chi connectivity index (χ2n) is 4.83. The van der Waals surface area contributed by atoms with Gasteiger partial charge in [0.25, 0.3) is 0 Å². The molecule has 18 heavy (non-hydrogen) atoms. The number of hydrogen-bond acceptors (Lipinski definition) is 3. The van der Waals surface area contributed by atoms with Crippen LogP contribution in [0, 0.1) is 0 Å². The molecule has 0 aliphatic rings. The number of ether oxygens (including phenoxy) is 1. The Morgan fingerprint density at radius 1 is 1.39 bits per heavy atom. The van der Waals surface area contributed by atoms with Crippen molar-refractivity contribution in [3.8, 4) is 5.75 Å². The maximum absolute atomic E-state index is 5.24. The standard InChI is InChI=1S/C14H23BrN2O/c1-11(7-8-17(2)3)16-10-12-9-13(18-4)5-6-14(12)15/h5-6,9,11,16H,7-8,10H2,1-4H3. The SMILES string of the molecule is COc1ccc(Br)c(CNC(C)CCN(C)C)c1. The minimum atomic E-state index is 0.505. The Labute approximate surface area is 119 Å². The predicted molar refractivity (Wildman–Crippen MR) is 80.2 cm³/mol. The van der Waals surface area contributed by atoms with Crippen LogP contribution in [0.2, 0.25) is 0 Å². The number of benzene rings is 1. The lowest BCUT2D eigenvalue weighted by atomic mass is 10.2. The number of hydrogen-bond donors (Lipinski definition) is 1. The Hall–Kier alpha value is -0.580. The molecular formula is C14H23BrN2O. The highest BCUT2D eigenvalue weighted by Crippen LogP contribution is 2.22. The van der Waals surface area contributed by atoms with Gasteiger partial charge in [-0.3, -0.25) is 0 Å². The molecule has 0 heterocycles. The van der Waals surface area contributed by atoms with Crippen LogP contribution in [0.3, 0.4) is 0 Å². The van der Waals surface area contributed by atoms with E-state index in [4.69, 9.17) is 4.74 Å². The molecule has 102 valence electrons. The Morgan fingerprint density at radius 3 is 2.72 bits per heavy atom. The fraction of sp³-hybridized carbons (Fsp3) is 0.571. The lowest BCUT2D eigenvalue weighted by molar-refractivity contribution is 0.365. The van der Waals surface area contributed by atoms with E-state index in [1.54, 1.807) is 7.11 Å². The Morgan fingerprint density at radius 2 is 2.11 bits per heavy atom. The largest absolute Gasteiger partial charge is 0.497 e. The maximum atomic E-state index is 5.24. The molecule has 3 nitrogen and oxygen atoms in total. The first kappa shape index (κ1) is 15.5. The van der Waals surface area contributed by atoms with Crippen molar-refractivity contribution in [2.45, 2.75) is 25.9 Å². The highest BCUT2D eigenvalue weighted by atomic mass is 79.9. The summed E-state index contributed by atoms with van der Waals surface area (Å²) in [5, 5.41) is 3.53. The summed E-state index contributed by atoms with van der Waals surface area (Å²) in [6.07, 6.45) is 1.15. The van der Waals surface area contributed by atoms with Crippen molar-refractivity contribution in [3.63, 3.8) is 0 Å². The van der Waals surface area contributed by atoms with Gasteiger partial charge in [0.1, 0.15) is 5.75 Å². The van der Waals surface area contributed by atoms with Crippen molar-refractivity contribution in [1.82, 2.24) is 10.2 Å². The van der Waals surface area contributed by atoms with E-state index >= 15 is 0 Å². The van der Waals surface area contributed by atoms with Crippen molar-refractivity contribution >= 4 is 15.9 Å². The number of nitrogens with one attached hydrogen (secondary N) is 1. The molecule has 4 heteroatoms. The molecule has 0 fully saturated rings. The molecule has 1 unspecified atom stereocenters. The first-order chi connectivity index (χ1) is 8.52. The van der Waals surface area contributed by atoms with Crippen LogP contribution in [0.4, 0.5) is 0 Å². The van der Waals surface area contributed by atoms with Crippen LogP contribution in [-0.2, 0) is 6.54 Å². The highest BCUT2D eigenvalue weighted by Gasteiger charge is 2.05. The Bertz CT molecular complexity index is 369. The predicted octanol–water partition coefficient (Wildman–Crippen LogP) is 2.89. The molecule has 0 bridgehead atoms. The van der Waals surface area contributed by atoms with Gasteiger partial charge < -0.3 is 15.0 Å². The second kappa shape index (κ2) is 7.77. The van der Waals surface area contributed by atoms with Gasteiger partial charge in [0.05, 0.1) is 7.11 Å². The molecule has 0 amide bonds. The Balaban J connectivity index is 2.47. The van der Waals surface area contributed by atoms with Crippen LogP contribution >= 0.6 is 15.9 Å². The van der Waals surface area contributed by atoms with Gasteiger partial charge in [-0.1, -0.05) is 15.9 Å². The summed E-state index contributed by atoms with van der Waals surface area (Å²) < 4.78 is 6.36. The quantitative estimate of drug-likeness (QED) is 0.837. The maximum Gasteiger partial charge on any atom is 0.119 e. The molecule has 0 radical (unpaired) electrons. The molecule has 0 aliphatic heterocycles. The first-order valence-electron chi connectivity index (χ1n) is 6.23. The fourth-order valence-electron chi connectivity index (χ4n) is 1.65. The van der Waals surface area contributed by atoms with E-state index < -0.39 is 0 Å². The third kappa shape index (κ3) is 5.38. The number of nitrogens with zero attached hydrogens (tertiary/aromatic N) is 1. The molecule has 0 aliphatic carbocycles. The summed E-state index contributed by atoms with van der Waals surface area (Å²) in [5.41, 5.74) is 1.23. The average Bonchev–Trinajstić information content (AvgIpc) is 2.35. The first-order valence-corrected chi connectivity index (χ1v) is 7.02. The zero-order valence-electron chi connectivity index (χ0n) is 11.7. The van der Waals surface area contributed by atoms with E-state index in [-0.39, 0.29) is 0 Å². The minimum Gasteiger partial charge on any atom is -0.497 e. The Kier molecular flexibility index (Phi) is 6.68. The second-order valence-corrected chi connectivity index (χ2v) is 5.69. The van der Waals surface area contributed by atoms with Crippen LogP contribution in [-0.4, -0.2) is 38.7 Å². The van der Waals surface area contributed by atoms with Gasteiger partial charge in [0.2, 0.25) is 0 Å². The molecule has 0 saturated carbocycles. The van der Waals surface area contributed by atoms with Gasteiger partial charge in [-0.05, 0) is 57.7 Å². The van der Waals surface area contributed by atoms with E-state index in [0.717, 1.165) is 29.7 Å². The van der Waals surface area contributed by atoms with E-state index in [0.29, 0.717) is 6.04 Å². The van der Waals surface area contributed by atoms with Crippen molar-refractivity contribution in [1.29, 1.82) is 0 Å². The van der Waals surface area contributed by atoms with Crippen LogP contribution in [0.5, 0.6) is 5.75 Å². The molecule has 1 aromatic rings. The highest BCUT2D eigenvalue weighted by molar-refractivity contribution is 9.10. The average molecular weight is 315 g/mol. The van der Waals surface area contributed by atoms with Gasteiger partial charge in [0.15, 0.2) is 0 Å². The van der Waals surface area contributed by atoms with Crippen LogP contribution in [0.15, 0.2) is 22.7 Å². The number of rotatable bonds is 7. The van der Waals surface area contributed by atoms with Crippen molar-refractivity contribution in [3.05, 3.63) is 28.2 Å². The number of methoxy groups -OCH3 is 1. The summed E-state index contributed by atoms with van der Waals surface area (Å²) in [6.45, 7) is 4.18. The monoisotopic (exact) mass is 314 g/mol. The van der Waals surface area contributed by atoms with Gasteiger partial charge >= 0.3 is 0 Å². The minimum absolute atomic E-state index is 0.505. The molecular weight excluding hydrogens is 292 g/mol. The van der Waals surface area contributed by atoms with Crippen LogP contribution in [0.1, 0.15) is 18.9 Å². The molecule has 1 atom stereocenters. The van der Waals surface area contributed by atoms with Crippen molar-refractivity contribution < 1.29 is 4.74 Å². The summed E-state index contributed by atoms with van der Waals surface area (Å²) in [5.74, 6) is 0.899. The third-order valence-corrected chi connectivity index (χ3v) is 3.68. The third-order valence-electron chi connectivity index (χ3n) is 2.90. The van der Waals surface area contributed by atoms with E-state index in [9.17, 15) is 0 Å². The summed E-state index contributed by atoms with van der Waals surface area (Å²) in [7, 11) is 5.90. The molecule has 0 aromatic heterocycles. The summed E-state index contributed by atoms with van der Waals surface area (Å²) in [6, 6.07) is 6.56. The zero-order chi connectivity index (χ0) is 13.5. The van der Waals surface area contributed by atoms with Crippen LogP contribution in [0.25, 0.3) is 0 Å². The summed E-state index contributed by atoms with van der Waals surface area (Å²) >= 11 is 3.57. The fourth-order valence-corrected chi connectivity index (χ4v) is 2.04. The molecule has 1 rings (SSSR count). The van der Waals surface area contributed by atoms with Gasteiger partial charge in [-0.25, -0.2) is 0 Å². The lowest BCUT2D eigenvalue weighted by Crippen LogP contribution is -2.29. The van der Waals surface area contributed by atoms with Gasteiger partial charge in [-0.2, -0.15) is 0 Å². The molecule has 1 N–H and O–H groups in total. The van der Waals surface area contributed by atoms with E-state index in [1.165, 1.54) is 5.56 Å². The molecule has 0 spiro atoms. The summed E-state index contributed by atoms with van der Waals surface area (Å²) in [4.78, 5) is 2.21. The number of halogens is 1. The van der Waals surface area contributed by atoms with Crippen LogP contribution < -0.4 is 10.1 Å². The van der Waals surface area contributed by atoms with Gasteiger partial charge in [-0.15, -0.1) is 0 Å². The zero-order valence-corrected chi connectivity index (χ0v) is 13.3. The van der Waals surface area contributed by atoms with Crippen molar-refractivity contribution in [2.75, 3.05) is 27.7 Å². The van der Waals surface area contributed by atoms with E-state index in [2.05, 4.69) is 53.2 Å². The van der Waals surface area contributed by atoms with Gasteiger partial charge in [0, 0.05) is 17.1 Å². The topological polar surface area (TPSA) is 24.5 Å². The molecule has 0 saturated heterocycles. The van der Waals surface area contributed by atoms with Crippen molar-refractivity contribution in [2.24, 2.45) is 0 Å².